The molecule has 0 N–H and O–H groups in total. The van der Waals surface area contributed by atoms with Gasteiger partial charge in [-0.05, 0) is 45.2 Å². The van der Waals surface area contributed by atoms with Gasteiger partial charge in [0.2, 0.25) is 6.10 Å². The number of amides is 1. The van der Waals surface area contributed by atoms with Gasteiger partial charge in [-0.1, -0.05) is 11.2 Å². The van der Waals surface area contributed by atoms with Gasteiger partial charge < -0.3 is 19.2 Å². The maximum Gasteiger partial charge on any atom is 0.267 e. The zero-order chi connectivity index (χ0) is 18.0. The summed E-state index contributed by atoms with van der Waals surface area (Å²) in [6.07, 6.45) is 3.13. The number of rotatable bonds is 4. The van der Waals surface area contributed by atoms with Crippen LogP contribution in [0.3, 0.4) is 0 Å². The Morgan fingerprint density at radius 2 is 1.92 bits per heavy atom. The highest BCUT2D eigenvalue weighted by molar-refractivity contribution is 6.06. The summed E-state index contributed by atoms with van der Waals surface area (Å²) >= 11 is 0. The molecule has 6 nitrogen and oxygen atoms in total. The third kappa shape index (κ3) is 3.30. The lowest BCUT2D eigenvalue weighted by molar-refractivity contribution is -0.148. The van der Waals surface area contributed by atoms with Gasteiger partial charge in [0.25, 0.3) is 5.91 Å². The van der Waals surface area contributed by atoms with E-state index >= 15 is 0 Å². The molecule has 0 spiro atoms. The van der Waals surface area contributed by atoms with Crippen molar-refractivity contribution in [1.29, 1.82) is 0 Å². The first-order valence-corrected chi connectivity index (χ1v) is 8.83. The molecule has 2 aliphatic heterocycles. The summed E-state index contributed by atoms with van der Waals surface area (Å²) in [5.74, 6) is 1.27. The Labute approximate surface area is 148 Å². The molecule has 2 heterocycles. The minimum absolute atomic E-state index is 0.0281. The van der Waals surface area contributed by atoms with Gasteiger partial charge >= 0.3 is 0 Å². The molecule has 1 amide bonds. The lowest BCUT2D eigenvalue weighted by Crippen LogP contribution is -2.51. The second kappa shape index (κ2) is 7.33. The van der Waals surface area contributed by atoms with Gasteiger partial charge in [-0.2, -0.15) is 0 Å². The molecule has 3 atom stereocenters. The zero-order valence-corrected chi connectivity index (χ0v) is 15.3. The van der Waals surface area contributed by atoms with E-state index in [1.807, 2.05) is 23.1 Å². The van der Waals surface area contributed by atoms with Crippen molar-refractivity contribution >= 4 is 11.6 Å². The summed E-state index contributed by atoms with van der Waals surface area (Å²) in [6.45, 7) is 4.21. The molecule has 136 valence electrons. The highest BCUT2D eigenvalue weighted by Crippen LogP contribution is 2.34. The van der Waals surface area contributed by atoms with Crippen LogP contribution in [0.2, 0.25) is 0 Å². The Morgan fingerprint density at radius 1 is 1.20 bits per heavy atom. The fourth-order valence-electron chi connectivity index (χ4n) is 3.81. The molecular formula is C19H26N2O4. The van der Waals surface area contributed by atoms with Gasteiger partial charge in [-0.15, -0.1) is 0 Å². The van der Waals surface area contributed by atoms with Crippen LogP contribution in [0.1, 0.15) is 45.1 Å². The first-order valence-electron chi connectivity index (χ1n) is 8.83. The standard InChI is InChI=1S/C19H26N2O4/c1-12-7-5-8-13(2)21(12)19(22)17-11-15(20-25-17)14-9-6-10-16(23-3)18(14)24-4/h6,9-10,12-13,17H,5,7-8,11H2,1-4H3/t12-,13+,17-/m1/s1. The van der Waals surface area contributed by atoms with Crippen molar-refractivity contribution in [3.8, 4) is 11.5 Å². The van der Waals surface area contributed by atoms with Crippen LogP contribution in [0.15, 0.2) is 23.4 Å². The Bertz CT molecular complexity index is 663. The molecule has 25 heavy (non-hydrogen) atoms. The largest absolute Gasteiger partial charge is 0.493 e. The van der Waals surface area contributed by atoms with Crippen molar-refractivity contribution in [3.05, 3.63) is 23.8 Å². The van der Waals surface area contributed by atoms with Gasteiger partial charge in [0.15, 0.2) is 11.5 Å². The number of methoxy groups -OCH3 is 2. The van der Waals surface area contributed by atoms with Crippen LogP contribution in [0.25, 0.3) is 0 Å². The molecule has 1 aromatic carbocycles. The van der Waals surface area contributed by atoms with Crippen LogP contribution in [-0.4, -0.2) is 48.9 Å². The Balaban J connectivity index is 1.76. The van der Waals surface area contributed by atoms with E-state index in [0.29, 0.717) is 23.6 Å². The van der Waals surface area contributed by atoms with Gasteiger partial charge in [0, 0.05) is 24.1 Å². The summed E-state index contributed by atoms with van der Waals surface area (Å²) in [4.78, 5) is 20.4. The molecule has 1 saturated heterocycles. The normalized spacial score (nSPS) is 26.0. The number of ether oxygens (including phenoxy) is 2. The number of nitrogens with zero attached hydrogens (tertiary/aromatic N) is 2. The van der Waals surface area contributed by atoms with Gasteiger partial charge in [0.05, 0.1) is 19.9 Å². The molecule has 3 rings (SSSR count). The summed E-state index contributed by atoms with van der Waals surface area (Å²) < 4.78 is 10.8. The van der Waals surface area contributed by atoms with Crippen LogP contribution in [0, 0.1) is 0 Å². The lowest BCUT2D eigenvalue weighted by atomic mass is 9.95. The molecule has 0 bridgehead atoms. The zero-order valence-electron chi connectivity index (χ0n) is 15.3. The SMILES string of the molecule is COc1cccc(C2=NO[C@@H](C(=O)N3[C@H](C)CCC[C@@H]3C)C2)c1OC. The van der Waals surface area contributed by atoms with E-state index in [2.05, 4.69) is 19.0 Å². The number of para-hydroxylation sites is 1. The third-order valence-electron chi connectivity index (χ3n) is 5.11. The Hall–Kier alpha value is -2.24. The number of piperidine rings is 1. The molecule has 0 radical (unpaired) electrons. The quantitative estimate of drug-likeness (QED) is 0.841. The predicted octanol–water partition coefficient (Wildman–Crippen LogP) is 2.99. The minimum atomic E-state index is -0.561. The highest BCUT2D eigenvalue weighted by Gasteiger charge is 2.38. The van der Waals surface area contributed by atoms with E-state index in [-0.39, 0.29) is 18.0 Å². The number of carbonyl (C=O) groups is 1. The maximum atomic E-state index is 12.9. The summed E-state index contributed by atoms with van der Waals surface area (Å²) in [5, 5.41) is 4.17. The Morgan fingerprint density at radius 3 is 2.56 bits per heavy atom. The second-order valence-electron chi connectivity index (χ2n) is 6.75. The van der Waals surface area contributed by atoms with Gasteiger partial charge in [0.1, 0.15) is 0 Å². The molecule has 0 aromatic heterocycles. The molecule has 0 aliphatic carbocycles. The average Bonchev–Trinajstić information content (AvgIpc) is 3.10. The third-order valence-corrected chi connectivity index (χ3v) is 5.11. The molecule has 0 unspecified atom stereocenters. The number of benzene rings is 1. The van der Waals surface area contributed by atoms with Crippen molar-refractivity contribution < 1.29 is 19.1 Å². The lowest BCUT2D eigenvalue weighted by Gasteiger charge is -2.39. The van der Waals surface area contributed by atoms with Crippen molar-refractivity contribution in [2.24, 2.45) is 5.16 Å². The van der Waals surface area contributed by atoms with Crippen LogP contribution in [-0.2, 0) is 9.63 Å². The Kier molecular flexibility index (Phi) is 5.16. The number of hydrogen-bond donors (Lipinski definition) is 0. The van der Waals surface area contributed by atoms with E-state index in [1.165, 1.54) is 6.42 Å². The topological polar surface area (TPSA) is 60.4 Å². The monoisotopic (exact) mass is 346 g/mol. The number of likely N-dealkylation sites (tertiary alicyclic amines) is 1. The van der Waals surface area contributed by atoms with Crippen molar-refractivity contribution in [2.75, 3.05) is 14.2 Å². The maximum absolute atomic E-state index is 12.9. The van der Waals surface area contributed by atoms with E-state index < -0.39 is 6.10 Å². The minimum Gasteiger partial charge on any atom is -0.493 e. The van der Waals surface area contributed by atoms with Crippen molar-refractivity contribution in [3.63, 3.8) is 0 Å². The van der Waals surface area contributed by atoms with Crippen molar-refractivity contribution in [1.82, 2.24) is 4.90 Å². The predicted molar refractivity (Wildman–Crippen MR) is 95.2 cm³/mol. The number of oxime groups is 1. The van der Waals surface area contributed by atoms with Crippen LogP contribution in [0.5, 0.6) is 11.5 Å². The fraction of sp³-hybridized carbons (Fsp3) is 0.579. The summed E-state index contributed by atoms with van der Waals surface area (Å²) in [7, 11) is 3.19. The van der Waals surface area contributed by atoms with E-state index in [4.69, 9.17) is 14.3 Å². The van der Waals surface area contributed by atoms with Crippen LogP contribution < -0.4 is 9.47 Å². The molecule has 6 heteroatoms. The first-order chi connectivity index (χ1) is 12.1. The van der Waals surface area contributed by atoms with E-state index in [0.717, 1.165) is 18.4 Å². The van der Waals surface area contributed by atoms with Gasteiger partial charge in [-0.25, -0.2) is 0 Å². The van der Waals surface area contributed by atoms with Crippen LogP contribution >= 0.6 is 0 Å². The number of carbonyl (C=O) groups excluding carboxylic acids is 1. The van der Waals surface area contributed by atoms with E-state index in [9.17, 15) is 4.79 Å². The molecule has 1 aromatic rings. The molecule has 1 fully saturated rings. The molecule has 2 aliphatic rings. The molecule has 0 saturated carbocycles. The van der Waals surface area contributed by atoms with Gasteiger partial charge in [-0.3, -0.25) is 4.79 Å². The first kappa shape index (κ1) is 17.6. The second-order valence-corrected chi connectivity index (χ2v) is 6.75. The smallest absolute Gasteiger partial charge is 0.267 e. The summed E-state index contributed by atoms with van der Waals surface area (Å²) in [5.41, 5.74) is 1.52. The molecular weight excluding hydrogens is 320 g/mol. The summed E-state index contributed by atoms with van der Waals surface area (Å²) in [6, 6.07) is 6.11. The highest BCUT2D eigenvalue weighted by atomic mass is 16.6. The van der Waals surface area contributed by atoms with Crippen LogP contribution in [0.4, 0.5) is 0 Å². The van der Waals surface area contributed by atoms with Crippen molar-refractivity contribution in [2.45, 2.75) is 57.7 Å². The van der Waals surface area contributed by atoms with E-state index in [1.54, 1.807) is 14.2 Å². The number of hydrogen-bond acceptors (Lipinski definition) is 5. The average molecular weight is 346 g/mol. The fourth-order valence-corrected chi connectivity index (χ4v) is 3.81.